The van der Waals surface area contributed by atoms with Crippen LogP contribution < -0.4 is 0 Å². The summed E-state index contributed by atoms with van der Waals surface area (Å²) in [7, 11) is 0. The van der Waals surface area contributed by atoms with Crippen molar-refractivity contribution in [3.63, 3.8) is 0 Å². The summed E-state index contributed by atoms with van der Waals surface area (Å²) >= 11 is 0. The van der Waals surface area contributed by atoms with Crippen molar-refractivity contribution in [2.24, 2.45) is 0 Å². The summed E-state index contributed by atoms with van der Waals surface area (Å²) in [6.45, 7) is 3.62. The Balaban J connectivity index is 2.36. The van der Waals surface area contributed by atoms with Crippen LogP contribution in [0.4, 0.5) is 0 Å². The van der Waals surface area contributed by atoms with E-state index in [1.165, 1.54) is 0 Å². The lowest BCUT2D eigenvalue weighted by Crippen LogP contribution is -2.06. The molecule has 0 fully saturated rings. The normalized spacial score (nSPS) is 12.3. The van der Waals surface area contributed by atoms with E-state index in [1.54, 1.807) is 17.0 Å². The molecule has 0 aliphatic rings. The second-order valence-corrected chi connectivity index (χ2v) is 3.54. The SMILES string of the molecule is C=CCC(O)c1ccnn1-c1ccccc1. The molecule has 0 saturated heterocycles. The number of aliphatic hydroxyl groups is 1. The summed E-state index contributed by atoms with van der Waals surface area (Å²) in [5, 5.41) is 14.1. The smallest absolute Gasteiger partial charge is 0.0995 e. The number of nitrogens with zero attached hydrogens (tertiary/aromatic N) is 2. The third-order valence-electron chi connectivity index (χ3n) is 2.40. The van der Waals surface area contributed by atoms with Crippen LogP contribution in [0.1, 0.15) is 18.2 Å². The van der Waals surface area contributed by atoms with Gasteiger partial charge in [-0.25, -0.2) is 4.68 Å². The predicted molar refractivity (Wildman–Crippen MR) is 63.3 cm³/mol. The molecule has 2 rings (SSSR count). The first kappa shape index (κ1) is 10.6. The Hall–Kier alpha value is -1.87. The fourth-order valence-electron chi connectivity index (χ4n) is 1.63. The molecular formula is C13H14N2O. The van der Waals surface area contributed by atoms with Gasteiger partial charge < -0.3 is 5.11 Å². The number of hydrogen-bond donors (Lipinski definition) is 1. The van der Waals surface area contributed by atoms with Crippen molar-refractivity contribution in [3.05, 3.63) is 60.9 Å². The maximum absolute atomic E-state index is 9.92. The van der Waals surface area contributed by atoms with Crippen LogP contribution >= 0.6 is 0 Å². The number of para-hydroxylation sites is 1. The van der Waals surface area contributed by atoms with Gasteiger partial charge in [0.2, 0.25) is 0 Å². The van der Waals surface area contributed by atoms with Gasteiger partial charge >= 0.3 is 0 Å². The molecule has 3 heteroatoms. The number of benzene rings is 1. The third-order valence-corrected chi connectivity index (χ3v) is 2.40. The molecule has 1 aromatic heterocycles. The van der Waals surface area contributed by atoms with Gasteiger partial charge in [-0.15, -0.1) is 6.58 Å². The van der Waals surface area contributed by atoms with Crippen LogP contribution in [0.3, 0.4) is 0 Å². The first-order valence-corrected chi connectivity index (χ1v) is 5.21. The summed E-state index contributed by atoms with van der Waals surface area (Å²) in [5.41, 5.74) is 1.73. The van der Waals surface area contributed by atoms with Crippen molar-refractivity contribution in [2.45, 2.75) is 12.5 Å². The highest BCUT2D eigenvalue weighted by Gasteiger charge is 2.12. The topological polar surface area (TPSA) is 38.1 Å². The van der Waals surface area contributed by atoms with Crippen LogP contribution in [0.25, 0.3) is 5.69 Å². The number of aromatic nitrogens is 2. The van der Waals surface area contributed by atoms with Crippen molar-refractivity contribution in [3.8, 4) is 5.69 Å². The van der Waals surface area contributed by atoms with Crippen LogP contribution in [-0.2, 0) is 0 Å². The van der Waals surface area contributed by atoms with Crippen molar-refractivity contribution in [2.75, 3.05) is 0 Å². The maximum Gasteiger partial charge on any atom is 0.0995 e. The molecule has 1 heterocycles. The Morgan fingerprint density at radius 1 is 1.31 bits per heavy atom. The average molecular weight is 214 g/mol. The van der Waals surface area contributed by atoms with E-state index in [1.807, 2.05) is 36.4 Å². The summed E-state index contributed by atoms with van der Waals surface area (Å²) < 4.78 is 1.74. The van der Waals surface area contributed by atoms with Crippen LogP contribution in [-0.4, -0.2) is 14.9 Å². The van der Waals surface area contributed by atoms with Gasteiger partial charge in [0.05, 0.1) is 17.5 Å². The minimum absolute atomic E-state index is 0.526. The molecule has 3 nitrogen and oxygen atoms in total. The van der Waals surface area contributed by atoms with Gasteiger partial charge in [-0.3, -0.25) is 0 Å². The molecule has 1 aromatic carbocycles. The number of hydrogen-bond acceptors (Lipinski definition) is 2. The Kier molecular flexibility index (Phi) is 3.17. The number of rotatable bonds is 4. The molecule has 1 N–H and O–H groups in total. The van der Waals surface area contributed by atoms with Crippen molar-refractivity contribution in [1.29, 1.82) is 0 Å². The van der Waals surface area contributed by atoms with Crippen LogP contribution in [0.15, 0.2) is 55.3 Å². The third kappa shape index (κ3) is 2.04. The Morgan fingerprint density at radius 2 is 2.06 bits per heavy atom. The first-order valence-electron chi connectivity index (χ1n) is 5.21. The van der Waals surface area contributed by atoms with Gasteiger partial charge in [-0.2, -0.15) is 5.10 Å². The van der Waals surface area contributed by atoms with Crippen LogP contribution in [0.2, 0.25) is 0 Å². The summed E-state index contributed by atoms with van der Waals surface area (Å²) in [6, 6.07) is 11.6. The monoisotopic (exact) mass is 214 g/mol. The van der Waals surface area contributed by atoms with Gasteiger partial charge in [0.25, 0.3) is 0 Å². The zero-order valence-corrected chi connectivity index (χ0v) is 8.95. The molecule has 2 aromatic rings. The van der Waals surface area contributed by atoms with Gasteiger partial charge in [0.15, 0.2) is 0 Å². The van der Waals surface area contributed by atoms with E-state index in [0.29, 0.717) is 6.42 Å². The molecule has 0 bridgehead atoms. The maximum atomic E-state index is 9.92. The fourth-order valence-corrected chi connectivity index (χ4v) is 1.63. The van der Waals surface area contributed by atoms with Gasteiger partial charge in [-0.1, -0.05) is 24.3 Å². The zero-order valence-electron chi connectivity index (χ0n) is 8.95. The summed E-state index contributed by atoms with van der Waals surface area (Å²) in [4.78, 5) is 0. The minimum atomic E-state index is -0.555. The lowest BCUT2D eigenvalue weighted by molar-refractivity contribution is 0.173. The van der Waals surface area contributed by atoms with Crippen molar-refractivity contribution in [1.82, 2.24) is 9.78 Å². The van der Waals surface area contributed by atoms with Gasteiger partial charge in [-0.05, 0) is 24.6 Å². The molecule has 0 spiro atoms. The molecule has 0 radical (unpaired) electrons. The summed E-state index contributed by atoms with van der Waals surface area (Å²) in [5.74, 6) is 0. The lowest BCUT2D eigenvalue weighted by Gasteiger charge is -2.11. The van der Waals surface area contributed by atoms with E-state index in [9.17, 15) is 5.11 Å². The molecular weight excluding hydrogens is 200 g/mol. The average Bonchev–Trinajstić information content (AvgIpc) is 2.79. The minimum Gasteiger partial charge on any atom is -0.386 e. The molecule has 0 amide bonds. The van der Waals surface area contributed by atoms with E-state index in [0.717, 1.165) is 11.4 Å². The van der Waals surface area contributed by atoms with E-state index in [-0.39, 0.29) is 0 Å². The second kappa shape index (κ2) is 4.77. The molecule has 16 heavy (non-hydrogen) atoms. The fraction of sp³-hybridized carbons (Fsp3) is 0.154. The lowest BCUT2D eigenvalue weighted by atomic mass is 10.2. The molecule has 0 aliphatic carbocycles. The first-order chi connectivity index (χ1) is 7.83. The van der Waals surface area contributed by atoms with Crippen LogP contribution in [0.5, 0.6) is 0 Å². The highest BCUT2D eigenvalue weighted by Crippen LogP contribution is 2.19. The van der Waals surface area contributed by atoms with Gasteiger partial charge in [0.1, 0.15) is 0 Å². The molecule has 1 atom stereocenters. The van der Waals surface area contributed by atoms with Crippen LogP contribution in [0, 0.1) is 0 Å². The van der Waals surface area contributed by atoms with E-state index in [2.05, 4.69) is 11.7 Å². The zero-order chi connectivity index (χ0) is 11.4. The van der Waals surface area contributed by atoms with Crippen molar-refractivity contribution < 1.29 is 5.11 Å². The largest absolute Gasteiger partial charge is 0.386 e. The highest BCUT2D eigenvalue weighted by molar-refractivity contribution is 5.32. The highest BCUT2D eigenvalue weighted by atomic mass is 16.3. The van der Waals surface area contributed by atoms with Gasteiger partial charge in [0, 0.05) is 6.20 Å². The quantitative estimate of drug-likeness (QED) is 0.794. The standard InChI is InChI=1S/C13H14N2O/c1-2-6-13(16)12-9-10-14-15(12)11-7-4-3-5-8-11/h2-5,7-10,13,16H,1,6H2. The molecule has 1 unspecified atom stereocenters. The van der Waals surface area contributed by atoms with Crippen molar-refractivity contribution >= 4 is 0 Å². The molecule has 0 aliphatic heterocycles. The van der Waals surface area contributed by atoms with E-state index < -0.39 is 6.10 Å². The Morgan fingerprint density at radius 3 is 2.75 bits per heavy atom. The summed E-state index contributed by atoms with van der Waals surface area (Å²) in [6.07, 6.45) is 3.36. The molecule has 82 valence electrons. The Labute approximate surface area is 94.7 Å². The van der Waals surface area contributed by atoms with E-state index >= 15 is 0 Å². The second-order valence-electron chi connectivity index (χ2n) is 3.54. The predicted octanol–water partition coefficient (Wildman–Crippen LogP) is 2.48. The number of aliphatic hydroxyl groups excluding tert-OH is 1. The molecule has 0 saturated carbocycles. The Bertz CT molecular complexity index is 462. The van der Waals surface area contributed by atoms with E-state index in [4.69, 9.17) is 0 Å².